The lowest BCUT2D eigenvalue weighted by Gasteiger charge is -2.25. The topological polar surface area (TPSA) is 15.3 Å². The van der Waals surface area contributed by atoms with Crippen molar-refractivity contribution in [1.29, 1.82) is 0 Å². The third-order valence-corrected chi connectivity index (χ3v) is 4.41. The summed E-state index contributed by atoms with van der Waals surface area (Å²) in [5.41, 5.74) is 0. The molecule has 80 valence electrons. The predicted molar refractivity (Wildman–Crippen MR) is 58.2 cm³/mol. The van der Waals surface area contributed by atoms with Crippen molar-refractivity contribution in [2.75, 3.05) is 26.2 Å². The van der Waals surface area contributed by atoms with Crippen LogP contribution in [-0.2, 0) is 0 Å². The smallest absolute Gasteiger partial charge is 0.00698 e. The van der Waals surface area contributed by atoms with E-state index in [0.29, 0.717) is 0 Å². The van der Waals surface area contributed by atoms with Gasteiger partial charge in [0.25, 0.3) is 0 Å². The summed E-state index contributed by atoms with van der Waals surface area (Å²) in [5, 5.41) is 3.51. The van der Waals surface area contributed by atoms with Crippen molar-refractivity contribution >= 4 is 0 Å². The van der Waals surface area contributed by atoms with Crippen LogP contribution in [0.4, 0.5) is 0 Å². The maximum atomic E-state index is 3.51. The van der Waals surface area contributed by atoms with Gasteiger partial charge in [0, 0.05) is 19.1 Å². The Morgan fingerprint density at radius 1 is 1.21 bits per heavy atom. The molecule has 1 N–H and O–H groups in total. The van der Waals surface area contributed by atoms with Gasteiger partial charge in [0.05, 0.1) is 0 Å². The number of rotatable bonds is 3. The van der Waals surface area contributed by atoms with E-state index >= 15 is 0 Å². The molecule has 14 heavy (non-hydrogen) atoms. The van der Waals surface area contributed by atoms with Crippen molar-refractivity contribution in [3.63, 3.8) is 0 Å². The molecule has 2 heteroatoms. The summed E-state index contributed by atoms with van der Waals surface area (Å²) < 4.78 is 0. The van der Waals surface area contributed by atoms with Gasteiger partial charge in [0.1, 0.15) is 0 Å². The summed E-state index contributed by atoms with van der Waals surface area (Å²) in [4.78, 5) is 2.74. The van der Waals surface area contributed by atoms with E-state index in [1.807, 2.05) is 0 Å². The molecule has 0 radical (unpaired) electrons. The van der Waals surface area contributed by atoms with Gasteiger partial charge < -0.3 is 5.32 Å². The summed E-state index contributed by atoms with van der Waals surface area (Å²) in [7, 11) is 0. The van der Waals surface area contributed by atoms with Crippen LogP contribution in [0.15, 0.2) is 0 Å². The number of fused-ring (bicyclic) bond motifs is 1. The lowest BCUT2D eigenvalue weighted by atomic mass is 10.0. The van der Waals surface area contributed by atoms with Gasteiger partial charge in [-0.05, 0) is 44.2 Å². The van der Waals surface area contributed by atoms with E-state index in [-0.39, 0.29) is 0 Å². The maximum Gasteiger partial charge on any atom is 0.00698 e. The van der Waals surface area contributed by atoms with Crippen LogP contribution >= 0.6 is 0 Å². The van der Waals surface area contributed by atoms with Crippen molar-refractivity contribution in [2.45, 2.75) is 32.2 Å². The molecule has 0 aromatic carbocycles. The van der Waals surface area contributed by atoms with Gasteiger partial charge in [0.2, 0.25) is 0 Å². The quantitative estimate of drug-likeness (QED) is 0.729. The second-order valence-corrected chi connectivity index (χ2v) is 5.66. The molecular weight excluding hydrogens is 172 g/mol. The molecule has 0 aromatic rings. The van der Waals surface area contributed by atoms with Gasteiger partial charge in [-0.25, -0.2) is 0 Å². The normalized spacial score (nSPS) is 40.1. The van der Waals surface area contributed by atoms with Crippen LogP contribution in [-0.4, -0.2) is 37.1 Å². The van der Waals surface area contributed by atoms with E-state index < -0.39 is 0 Å². The highest BCUT2D eigenvalue weighted by atomic mass is 15.2. The molecule has 3 atom stereocenters. The van der Waals surface area contributed by atoms with Gasteiger partial charge in [-0.2, -0.15) is 0 Å². The van der Waals surface area contributed by atoms with Crippen LogP contribution in [0.3, 0.4) is 0 Å². The van der Waals surface area contributed by atoms with Crippen LogP contribution in [0.25, 0.3) is 0 Å². The van der Waals surface area contributed by atoms with Crippen molar-refractivity contribution in [3.05, 3.63) is 0 Å². The number of nitrogens with one attached hydrogen (secondary N) is 1. The molecule has 0 spiro atoms. The first-order valence-electron chi connectivity index (χ1n) is 6.27. The lowest BCUT2D eigenvalue weighted by Crippen LogP contribution is -2.34. The molecule has 1 aliphatic carbocycles. The summed E-state index contributed by atoms with van der Waals surface area (Å²) in [6.07, 6.45) is 4.48. The maximum absolute atomic E-state index is 3.51. The van der Waals surface area contributed by atoms with E-state index in [4.69, 9.17) is 0 Å². The van der Waals surface area contributed by atoms with Crippen LogP contribution in [0.2, 0.25) is 0 Å². The minimum absolute atomic E-state index is 0.855. The number of hydrogen-bond acceptors (Lipinski definition) is 2. The van der Waals surface area contributed by atoms with Gasteiger partial charge in [-0.1, -0.05) is 12.8 Å². The van der Waals surface area contributed by atoms with E-state index in [1.165, 1.54) is 45.4 Å². The third kappa shape index (κ3) is 1.70. The standard InChI is InChI=1S/C12H22N2/c1-9(4-10-2-3-10)14-7-11-5-13-6-12(11)8-14/h9-13H,2-8H2,1H3/t9?,11-,12+. The zero-order valence-corrected chi connectivity index (χ0v) is 9.21. The lowest BCUT2D eigenvalue weighted by molar-refractivity contribution is 0.223. The molecule has 2 nitrogen and oxygen atoms in total. The minimum atomic E-state index is 0.855. The fourth-order valence-corrected chi connectivity index (χ4v) is 3.24. The van der Waals surface area contributed by atoms with Crippen molar-refractivity contribution < 1.29 is 0 Å². The first kappa shape index (κ1) is 9.17. The molecule has 0 bridgehead atoms. The summed E-state index contributed by atoms with van der Waals surface area (Å²) in [6, 6.07) is 0.855. The molecule has 0 amide bonds. The van der Waals surface area contributed by atoms with Crippen LogP contribution in [0.1, 0.15) is 26.2 Å². The van der Waals surface area contributed by atoms with E-state index in [9.17, 15) is 0 Å². The number of nitrogens with zero attached hydrogens (tertiary/aromatic N) is 1. The zero-order valence-electron chi connectivity index (χ0n) is 9.21. The second-order valence-electron chi connectivity index (χ2n) is 5.66. The molecule has 0 aromatic heterocycles. The van der Waals surface area contributed by atoms with Crippen LogP contribution in [0.5, 0.6) is 0 Å². The van der Waals surface area contributed by atoms with E-state index in [0.717, 1.165) is 23.8 Å². The van der Waals surface area contributed by atoms with Crippen molar-refractivity contribution in [3.8, 4) is 0 Å². The van der Waals surface area contributed by atoms with Gasteiger partial charge in [-0.3, -0.25) is 4.90 Å². The van der Waals surface area contributed by atoms with Gasteiger partial charge >= 0.3 is 0 Å². The Morgan fingerprint density at radius 2 is 1.86 bits per heavy atom. The first-order valence-corrected chi connectivity index (χ1v) is 6.27. The Bertz CT molecular complexity index is 200. The Hall–Kier alpha value is -0.0800. The highest BCUT2D eigenvalue weighted by molar-refractivity contribution is 4.93. The molecule has 1 unspecified atom stereocenters. The molecule has 3 aliphatic rings. The predicted octanol–water partition coefficient (Wildman–Crippen LogP) is 1.33. The van der Waals surface area contributed by atoms with E-state index in [2.05, 4.69) is 17.1 Å². The summed E-state index contributed by atoms with van der Waals surface area (Å²) in [5.74, 6) is 3.02. The van der Waals surface area contributed by atoms with Crippen molar-refractivity contribution in [1.82, 2.24) is 10.2 Å². The van der Waals surface area contributed by atoms with Crippen LogP contribution in [0, 0.1) is 17.8 Å². The van der Waals surface area contributed by atoms with Crippen LogP contribution < -0.4 is 5.32 Å². The fraction of sp³-hybridized carbons (Fsp3) is 1.00. The number of hydrogen-bond donors (Lipinski definition) is 1. The molecule has 2 saturated heterocycles. The highest BCUT2D eigenvalue weighted by Gasteiger charge is 2.38. The summed E-state index contributed by atoms with van der Waals surface area (Å²) >= 11 is 0. The fourth-order valence-electron chi connectivity index (χ4n) is 3.24. The van der Waals surface area contributed by atoms with E-state index in [1.54, 1.807) is 0 Å². The third-order valence-electron chi connectivity index (χ3n) is 4.41. The van der Waals surface area contributed by atoms with Gasteiger partial charge in [0.15, 0.2) is 0 Å². The SMILES string of the molecule is CC(CC1CC1)N1C[C@H]2CNC[C@H]2C1. The molecule has 2 aliphatic heterocycles. The molecule has 1 saturated carbocycles. The number of likely N-dealkylation sites (tertiary alicyclic amines) is 1. The molecular formula is C12H22N2. The Labute approximate surface area is 87.0 Å². The average molecular weight is 194 g/mol. The Kier molecular flexibility index (Phi) is 2.29. The molecule has 3 rings (SSSR count). The monoisotopic (exact) mass is 194 g/mol. The largest absolute Gasteiger partial charge is 0.316 e. The molecule has 3 fully saturated rings. The average Bonchev–Trinajstić information content (AvgIpc) is 2.73. The summed E-state index contributed by atoms with van der Waals surface area (Å²) in [6.45, 7) is 7.72. The minimum Gasteiger partial charge on any atom is -0.316 e. The Balaban J connectivity index is 1.53. The Morgan fingerprint density at radius 3 is 2.43 bits per heavy atom. The highest BCUT2D eigenvalue weighted by Crippen LogP contribution is 2.36. The second kappa shape index (κ2) is 3.49. The first-order chi connectivity index (χ1) is 6.83. The zero-order chi connectivity index (χ0) is 9.54. The van der Waals surface area contributed by atoms with Crippen molar-refractivity contribution in [2.24, 2.45) is 17.8 Å². The molecule has 2 heterocycles. The van der Waals surface area contributed by atoms with Gasteiger partial charge in [-0.15, -0.1) is 0 Å².